The molecule has 1 aromatic heterocycles. The first-order chi connectivity index (χ1) is 8.72. The highest BCUT2D eigenvalue weighted by molar-refractivity contribution is 5.43. The number of hydrogen-bond donors (Lipinski definition) is 1. The van der Waals surface area contributed by atoms with Crippen molar-refractivity contribution in [2.45, 2.75) is 26.0 Å². The number of pyridine rings is 1. The summed E-state index contributed by atoms with van der Waals surface area (Å²) in [5.74, 6) is 0.223. The lowest BCUT2D eigenvalue weighted by atomic mass is 10.2. The van der Waals surface area contributed by atoms with Crippen molar-refractivity contribution in [2.75, 3.05) is 31.6 Å². The van der Waals surface area contributed by atoms with Crippen LogP contribution in [0.15, 0.2) is 12.3 Å². The van der Waals surface area contributed by atoms with Crippen LogP contribution < -0.4 is 10.2 Å². The summed E-state index contributed by atoms with van der Waals surface area (Å²) in [6.45, 7) is 4.73. The van der Waals surface area contributed by atoms with Crippen LogP contribution in [0.1, 0.15) is 18.9 Å². The van der Waals surface area contributed by atoms with Crippen LogP contribution in [0.5, 0.6) is 0 Å². The Bertz CT molecular complexity index is 400. The van der Waals surface area contributed by atoms with Gasteiger partial charge in [0.2, 0.25) is 0 Å². The van der Waals surface area contributed by atoms with Crippen molar-refractivity contribution in [3.05, 3.63) is 23.6 Å². The van der Waals surface area contributed by atoms with E-state index in [-0.39, 0.29) is 11.9 Å². The van der Waals surface area contributed by atoms with E-state index in [0.29, 0.717) is 24.5 Å². The van der Waals surface area contributed by atoms with E-state index >= 15 is 0 Å². The van der Waals surface area contributed by atoms with Crippen molar-refractivity contribution in [3.8, 4) is 0 Å². The van der Waals surface area contributed by atoms with Gasteiger partial charge in [-0.3, -0.25) is 0 Å². The highest BCUT2D eigenvalue weighted by atomic mass is 19.1. The summed E-state index contributed by atoms with van der Waals surface area (Å²) in [4.78, 5) is 6.17. The molecule has 100 valence electrons. The molecule has 0 saturated carbocycles. The highest BCUT2D eigenvalue weighted by Crippen LogP contribution is 2.21. The normalized spacial score (nSPS) is 20.8. The number of aromatic nitrogens is 1. The molecule has 0 radical (unpaired) electrons. The van der Waals surface area contributed by atoms with Gasteiger partial charge in [-0.05, 0) is 26.5 Å². The van der Waals surface area contributed by atoms with E-state index in [2.05, 4.69) is 10.3 Å². The van der Waals surface area contributed by atoms with Crippen LogP contribution in [0.3, 0.4) is 0 Å². The van der Waals surface area contributed by atoms with Crippen LogP contribution in [0.4, 0.5) is 10.2 Å². The molecule has 0 aromatic carbocycles. The van der Waals surface area contributed by atoms with Gasteiger partial charge in [0, 0.05) is 38.0 Å². The number of halogens is 1. The quantitative estimate of drug-likeness (QED) is 0.887. The standard InChI is InChI=1S/C13H20FN3O/c1-10-9-17(6-3-7-18-10)13-12(14)11(8-15-2)4-5-16-13/h4-5,10,15H,3,6-9H2,1-2H3. The minimum atomic E-state index is -0.221. The molecule has 0 bridgehead atoms. The van der Waals surface area contributed by atoms with Crippen molar-refractivity contribution in [2.24, 2.45) is 0 Å². The fourth-order valence-corrected chi connectivity index (χ4v) is 2.21. The van der Waals surface area contributed by atoms with Crippen molar-refractivity contribution in [1.82, 2.24) is 10.3 Å². The third-order valence-electron chi connectivity index (χ3n) is 3.07. The van der Waals surface area contributed by atoms with Gasteiger partial charge in [0.25, 0.3) is 0 Å². The topological polar surface area (TPSA) is 37.4 Å². The van der Waals surface area contributed by atoms with Crippen molar-refractivity contribution >= 4 is 5.82 Å². The summed E-state index contributed by atoms with van der Waals surface area (Å²) >= 11 is 0. The van der Waals surface area contributed by atoms with Gasteiger partial charge in [-0.1, -0.05) is 0 Å². The Morgan fingerprint density at radius 1 is 1.61 bits per heavy atom. The summed E-state index contributed by atoms with van der Waals surface area (Å²) < 4.78 is 19.9. The molecular weight excluding hydrogens is 233 g/mol. The molecule has 1 aliphatic heterocycles. The fourth-order valence-electron chi connectivity index (χ4n) is 2.21. The number of nitrogens with one attached hydrogen (secondary N) is 1. The van der Waals surface area contributed by atoms with Crippen LogP contribution in [0, 0.1) is 5.82 Å². The molecule has 2 rings (SSSR count). The number of ether oxygens (including phenoxy) is 1. The number of hydrogen-bond acceptors (Lipinski definition) is 4. The van der Waals surface area contributed by atoms with E-state index < -0.39 is 0 Å². The van der Waals surface area contributed by atoms with Crippen LogP contribution in [0.25, 0.3) is 0 Å². The SMILES string of the molecule is CNCc1ccnc(N2CCCOC(C)C2)c1F. The molecule has 18 heavy (non-hydrogen) atoms. The molecule has 1 aliphatic rings. The maximum absolute atomic E-state index is 14.3. The molecule has 0 aliphatic carbocycles. The van der Waals surface area contributed by atoms with Crippen molar-refractivity contribution < 1.29 is 9.13 Å². The van der Waals surface area contributed by atoms with Gasteiger partial charge in [0.05, 0.1) is 6.10 Å². The van der Waals surface area contributed by atoms with Crippen molar-refractivity contribution in [1.29, 1.82) is 0 Å². The Kier molecular flexibility index (Phi) is 4.49. The molecular formula is C13H20FN3O. The summed E-state index contributed by atoms with van der Waals surface area (Å²) in [6, 6.07) is 1.72. The van der Waals surface area contributed by atoms with E-state index in [1.165, 1.54) is 0 Å². The molecule has 1 N–H and O–H groups in total. The van der Waals surface area contributed by atoms with E-state index in [4.69, 9.17) is 4.74 Å². The Morgan fingerprint density at radius 3 is 3.22 bits per heavy atom. The first-order valence-electron chi connectivity index (χ1n) is 6.37. The molecule has 2 heterocycles. The first-order valence-corrected chi connectivity index (χ1v) is 6.37. The molecule has 4 nitrogen and oxygen atoms in total. The van der Waals surface area contributed by atoms with Crippen LogP contribution in [0.2, 0.25) is 0 Å². The summed E-state index contributed by atoms with van der Waals surface area (Å²) in [7, 11) is 1.81. The largest absolute Gasteiger partial charge is 0.377 e. The maximum atomic E-state index is 14.3. The summed E-state index contributed by atoms with van der Waals surface area (Å²) in [5, 5.41) is 2.97. The molecule has 1 atom stereocenters. The van der Waals surface area contributed by atoms with Gasteiger partial charge >= 0.3 is 0 Å². The smallest absolute Gasteiger partial charge is 0.170 e. The molecule has 1 saturated heterocycles. The van der Waals surface area contributed by atoms with E-state index in [1.54, 1.807) is 19.3 Å². The predicted octanol–water partition coefficient (Wildman–Crippen LogP) is 1.56. The third-order valence-corrected chi connectivity index (χ3v) is 3.07. The molecule has 1 fully saturated rings. The monoisotopic (exact) mass is 253 g/mol. The zero-order valence-corrected chi connectivity index (χ0v) is 10.9. The van der Waals surface area contributed by atoms with Gasteiger partial charge in [0.15, 0.2) is 11.6 Å². The van der Waals surface area contributed by atoms with E-state index in [9.17, 15) is 4.39 Å². The zero-order chi connectivity index (χ0) is 13.0. The predicted molar refractivity (Wildman–Crippen MR) is 69.2 cm³/mol. The van der Waals surface area contributed by atoms with E-state index in [1.807, 2.05) is 11.8 Å². The lowest BCUT2D eigenvalue weighted by Gasteiger charge is -2.24. The fraction of sp³-hybridized carbons (Fsp3) is 0.615. The first kappa shape index (κ1) is 13.2. The second-order valence-electron chi connectivity index (χ2n) is 4.62. The average Bonchev–Trinajstić information content (AvgIpc) is 2.57. The zero-order valence-electron chi connectivity index (χ0n) is 10.9. The molecule has 5 heteroatoms. The second kappa shape index (κ2) is 6.11. The molecule has 1 unspecified atom stereocenters. The van der Waals surface area contributed by atoms with Crippen LogP contribution in [-0.4, -0.2) is 37.8 Å². The Balaban J connectivity index is 2.23. The Hall–Kier alpha value is -1.20. The number of nitrogens with zero attached hydrogens (tertiary/aromatic N) is 2. The Labute approximate surface area is 107 Å². The molecule has 0 spiro atoms. The van der Waals surface area contributed by atoms with Gasteiger partial charge in [-0.25, -0.2) is 9.37 Å². The third kappa shape index (κ3) is 2.97. The van der Waals surface area contributed by atoms with Gasteiger partial charge < -0.3 is 15.0 Å². The van der Waals surface area contributed by atoms with Crippen LogP contribution in [-0.2, 0) is 11.3 Å². The van der Waals surface area contributed by atoms with Gasteiger partial charge in [-0.15, -0.1) is 0 Å². The lowest BCUT2D eigenvalue weighted by molar-refractivity contribution is 0.0820. The number of anilines is 1. The van der Waals surface area contributed by atoms with E-state index in [0.717, 1.165) is 19.6 Å². The summed E-state index contributed by atoms with van der Waals surface area (Å²) in [6.07, 6.45) is 2.69. The van der Waals surface area contributed by atoms with Gasteiger partial charge in [0.1, 0.15) is 0 Å². The second-order valence-corrected chi connectivity index (χ2v) is 4.62. The average molecular weight is 253 g/mol. The highest BCUT2D eigenvalue weighted by Gasteiger charge is 2.20. The molecule has 0 amide bonds. The van der Waals surface area contributed by atoms with Crippen LogP contribution >= 0.6 is 0 Å². The minimum Gasteiger partial charge on any atom is -0.377 e. The lowest BCUT2D eigenvalue weighted by Crippen LogP contribution is -2.32. The van der Waals surface area contributed by atoms with Crippen molar-refractivity contribution in [3.63, 3.8) is 0 Å². The van der Waals surface area contributed by atoms with Gasteiger partial charge in [-0.2, -0.15) is 0 Å². The minimum absolute atomic E-state index is 0.113. The maximum Gasteiger partial charge on any atom is 0.170 e. The Morgan fingerprint density at radius 2 is 2.44 bits per heavy atom. The number of rotatable bonds is 3. The molecule has 1 aromatic rings. The summed E-state index contributed by atoms with van der Waals surface area (Å²) in [5.41, 5.74) is 0.653.